The molecule has 1 aliphatic rings. The van der Waals surface area contributed by atoms with Crippen molar-refractivity contribution in [3.63, 3.8) is 0 Å². The van der Waals surface area contributed by atoms with Gasteiger partial charge in [-0.05, 0) is 64.5 Å². The van der Waals surface area contributed by atoms with Crippen molar-refractivity contribution in [2.24, 2.45) is 7.05 Å². The summed E-state index contributed by atoms with van der Waals surface area (Å²) in [5.74, 6) is 0. The van der Waals surface area contributed by atoms with E-state index < -0.39 is 0 Å². The second kappa shape index (κ2) is 7.95. The highest BCUT2D eigenvalue weighted by molar-refractivity contribution is 5.25. The van der Waals surface area contributed by atoms with Gasteiger partial charge in [-0.1, -0.05) is 6.92 Å². The quantitative estimate of drug-likeness (QED) is 0.801. The largest absolute Gasteiger partial charge is 0.378 e. The van der Waals surface area contributed by atoms with Crippen molar-refractivity contribution in [2.75, 3.05) is 13.2 Å². The van der Waals surface area contributed by atoms with E-state index in [1.165, 1.54) is 49.1 Å². The number of hydrogen-bond acceptors (Lipinski definition) is 3. The molecular weight excluding hydrogens is 262 g/mol. The van der Waals surface area contributed by atoms with Gasteiger partial charge in [0.05, 0.1) is 11.8 Å². The molecule has 4 nitrogen and oxygen atoms in total. The van der Waals surface area contributed by atoms with Gasteiger partial charge >= 0.3 is 0 Å². The number of likely N-dealkylation sites (N-methyl/N-ethyl adjacent to an activating group) is 1. The van der Waals surface area contributed by atoms with E-state index in [2.05, 4.69) is 31.2 Å². The van der Waals surface area contributed by atoms with Gasteiger partial charge in [-0.15, -0.1) is 0 Å². The monoisotopic (exact) mass is 293 g/mol. The second-order valence-corrected chi connectivity index (χ2v) is 6.30. The molecule has 0 aliphatic carbocycles. The van der Waals surface area contributed by atoms with Crippen LogP contribution < -0.4 is 5.32 Å². The van der Waals surface area contributed by atoms with Crippen LogP contribution in [0.25, 0.3) is 0 Å². The molecule has 4 heteroatoms. The molecule has 1 aromatic rings. The first-order valence-corrected chi connectivity index (χ1v) is 8.45. The highest BCUT2D eigenvalue weighted by atomic mass is 16.5. The molecule has 0 aromatic carbocycles. The smallest absolute Gasteiger partial charge is 0.0628 e. The van der Waals surface area contributed by atoms with Crippen LogP contribution in [0.2, 0.25) is 0 Å². The molecule has 21 heavy (non-hydrogen) atoms. The van der Waals surface area contributed by atoms with Gasteiger partial charge in [0.25, 0.3) is 0 Å². The van der Waals surface area contributed by atoms with E-state index in [9.17, 15) is 0 Å². The van der Waals surface area contributed by atoms with Crippen LogP contribution in [0.15, 0.2) is 0 Å². The van der Waals surface area contributed by atoms with Crippen molar-refractivity contribution in [3.8, 4) is 0 Å². The molecule has 1 aliphatic heterocycles. The zero-order chi connectivity index (χ0) is 15.2. The van der Waals surface area contributed by atoms with Crippen LogP contribution in [-0.2, 0) is 18.2 Å². The third-order valence-electron chi connectivity index (χ3n) is 4.70. The summed E-state index contributed by atoms with van der Waals surface area (Å²) in [4.78, 5) is 0. The van der Waals surface area contributed by atoms with Crippen molar-refractivity contribution in [2.45, 2.75) is 71.4 Å². The van der Waals surface area contributed by atoms with Crippen molar-refractivity contribution in [3.05, 3.63) is 17.0 Å². The Labute approximate surface area is 129 Å². The van der Waals surface area contributed by atoms with Gasteiger partial charge in [-0.2, -0.15) is 5.10 Å². The molecular formula is C17H31N3O. The fourth-order valence-corrected chi connectivity index (χ4v) is 3.39. The van der Waals surface area contributed by atoms with Crippen molar-refractivity contribution in [1.82, 2.24) is 15.1 Å². The number of aryl methyl sites for hydroxylation is 2. The van der Waals surface area contributed by atoms with E-state index in [-0.39, 0.29) is 0 Å². The Bertz CT molecular complexity index is 435. The van der Waals surface area contributed by atoms with Crippen LogP contribution in [-0.4, -0.2) is 35.1 Å². The number of aromatic nitrogens is 2. The lowest BCUT2D eigenvalue weighted by atomic mass is 9.98. The third-order valence-corrected chi connectivity index (χ3v) is 4.70. The molecule has 1 N–H and O–H groups in total. The molecule has 120 valence electrons. The van der Waals surface area contributed by atoms with Crippen LogP contribution in [0.1, 0.15) is 56.0 Å². The lowest BCUT2D eigenvalue weighted by Crippen LogP contribution is -2.31. The van der Waals surface area contributed by atoms with Gasteiger partial charge in [-0.3, -0.25) is 4.68 Å². The van der Waals surface area contributed by atoms with Gasteiger partial charge in [-0.25, -0.2) is 0 Å². The van der Waals surface area contributed by atoms with E-state index >= 15 is 0 Å². The Hall–Kier alpha value is -0.870. The van der Waals surface area contributed by atoms with E-state index in [1.54, 1.807) is 0 Å². The predicted octanol–water partition coefficient (Wildman–Crippen LogP) is 2.91. The van der Waals surface area contributed by atoms with Crippen molar-refractivity contribution < 1.29 is 4.74 Å². The third kappa shape index (κ3) is 4.55. The first-order chi connectivity index (χ1) is 10.1. The summed E-state index contributed by atoms with van der Waals surface area (Å²) in [6, 6.07) is 0.554. The van der Waals surface area contributed by atoms with Gasteiger partial charge in [0.15, 0.2) is 0 Å². The average Bonchev–Trinajstić information content (AvgIpc) is 3.03. The molecule has 0 spiro atoms. The fourth-order valence-electron chi connectivity index (χ4n) is 3.39. The van der Waals surface area contributed by atoms with Crippen LogP contribution in [0.3, 0.4) is 0 Å². The number of hydrogen-bond donors (Lipinski definition) is 1. The molecule has 0 radical (unpaired) electrons. The van der Waals surface area contributed by atoms with E-state index in [4.69, 9.17) is 4.74 Å². The lowest BCUT2D eigenvalue weighted by molar-refractivity contribution is 0.101. The Balaban J connectivity index is 1.85. The van der Waals surface area contributed by atoms with Crippen LogP contribution in [0.5, 0.6) is 0 Å². The minimum atomic E-state index is 0.522. The zero-order valence-corrected chi connectivity index (χ0v) is 14.1. The summed E-state index contributed by atoms with van der Waals surface area (Å²) < 4.78 is 7.72. The molecule has 1 fully saturated rings. The molecule has 2 rings (SSSR count). The molecule has 2 atom stereocenters. The fraction of sp³-hybridized carbons (Fsp3) is 0.824. The zero-order valence-electron chi connectivity index (χ0n) is 14.1. The average molecular weight is 293 g/mol. The predicted molar refractivity (Wildman–Crippen MR) is 86.7 cm³/mol. The second-order valence-electron chi connectivity index (χ2n) is 6.30. The van der Waals surface area contributed by atoms with Crippen LogP contribution >= 0.6 is 0 Å². The number of ether oxygens (including phenoxy) is 1. The highest BCUT2D eigenvalue weighted by Gasteiger charge is 2.18. The maximum atomic E-state index is 5.72. The number of rotatable bonds is 8. The van der Waals surface area contributed by atoms with Gasteiger partial charge in [0.2, 0.25) is 0 Å². The van der Waals surface area contributed by atoms with Crippen molar-refractivity contribution >= 4 is 0 Å². The Kier molecular flexibility index (Phi) is 6.24. The Morgan fingerprint density at radius 1 is 1.43 bits per heavy atom. The maximum absolute atomic E-state index is 5.72. The minimum Gasteiger partial charge on any atom is -0.378 e. The minimum absolute atomic E-state index is 0.522. The van der Waals surface area contributed by atoms with Crippen LogP contribution in [0, 0.1) is 13.8 Å². The van der Waals surface area contributed by atoms with E-state index in [1.807, 2.05) is 11.7 Å². The summed E-state index contributed by atoms with van der Waals surface area (Å²) in [7, 11) is 2.03. The first-order valence-electron chi connectivity index (χ1n) is 8.45. The van der Waals surface area contributed by atoms with Gasteiger partial charge in [0.1, 0.15) is 0 Å². The summed E-state index contributed by atoms with van der Waals surface area (Å²) in [6.07, 6.45) is 7.80. The molecule has 2 heterocycles. The summed E-state index contributed by atoms with van der Waals surface area (Å²) in [6.45, 7) is 8.48. The van der Waals surface area contributed by atoms with E-state index in [0.29, 0.717) is 12.1 Å². The molecule has 1 aromatic heterocycles. The first kappa shape index (κ1) is 16.5. The molecule has 2 unspecified atom stereocenters. The standard InChI is InChI=1S/C17H31N3O/c1-5-18-15(8-6-9-16-10-7-11-21-16)12-17-13(2)19-20(4)14(17)3/h15-16,18H,5-12H2,1-4H3. The molecule has 0 bridgehead atoms. The molecule has 0 amide bonds. The van der Waals surface area contributed by atoms with Gasteiger partial charge in [0, 0.05) is 25.4 Å². The summed E-state index contributed by atoms with van der Waals surface area (Å²) in [5, 5.41) is 8.18. The highest BCUT2D eigenvalue weighted by Crippen LogP contribution is 2.20. The molecule has 0 saturated carbocycles. The maximum Gasteiger partial charge on any atom is 0.0628 e. The molecule has 1 saturated heterocycles. The number of nitrogens with zero attached hydrogens (tertiary/aromatic N) is 2. The Morgan fingerprint density at radius 2 is 2.24 bits per heavy atom. The normalized spacial score (nSPS) is 20.1. The summed E-state index contributed by atoms with van der Waals surface area (Å²) in [5.41, 5.74) is 3.90. The van der Waals surface area contributed by atoms with Crippen LogP contribution in [0.4, 0.5) is 0 Å². The van der Waals surface area contributed by atoms with Gasteiger partial charge < -0.3 is 10.1 Å². The Morgan fingerprint density at radius 3 is 2.81 bits per heavy atom. The topological polar surface area (TPSA) is 39.1 Å². The lowest BCUT2D eigenvalue weighted by Gasteiger charge is -2.19. The van der Waals surface area contributed by atoms with Crippen molar-refractivity contribution in [1.29, 1.82) is 0 Å². The SMILES string of the molecule is CCNC(CCCC1CCCO1)Cc1c(C)nn(C)c1C. The van der Waals surface area contributed by atoms with E-state index in [0.717, 1.165) is 19.6 Å². The summed E-state index contributed by atoms with van der Waals surface area (Å²) >= 11 is 0. The number of nitrogens with one attached hydrogen (secondary N) is 1.